The van der Waals surface area contributed by atoms with Gasteiger partial charge in [0.15, 0.2) is 5.69 Å². The van der Waals surface area contributed by atoms with E-state index in [1.807, 2.05) is 0 Å². The molecule has 30 heavy (non-hydrogen) atoms. The van der Waals surface area contributed by atoms with Gasteiger partial charge in [-0.05, 0) is 48.9 Å². The van der Waals surface area contributed by atoms with Gasteiger partial charge in [0.05, 0.1) is 27.6 Å². The van der Waals surface area contributed by atoms with Crippen LogP contribution in [0.2, 0.25) is 5.02 Å². The lowest BCUT2D eigenvalue weighted by Gasteiger charge is -2.10. The summed E-state index contributed by atoms with van der Waals surface area (Å²) in [6.07, 6.45) is 2.96. The largest absolute Gasteiger partial charge is 0.495 e. The van der Waals surface area contributed by atoms with Gasteiger partial charge in [0.25, 0.3) is 10.0 Å². The number of rotatable bonds is 7. The Labute approximate surface area is 177 Å². The van der Waals surface area contributed by atoms with Crippen LogP contribution in [-0.2, 0) is 10.0 Å². The summed E-state index contributed by atoms with van der Waals surface area (Å²) in [5.41, 5.74) is 0.862. The molecular weight excluding hydrogens is 434 g/mol. The molecule has 0 aliphatic rings. The number of halogens is 1. The normalized spacial score (nSPS) is 11.6. The number of sulfonamides is 1. The Morgan fingerprint density at radius 1 is 1.20 bits per heavy atom. The third-order valence-corrected chi connectivity index (χ3v) is 5.75. The predicted molar refractivity (Wildman–Crippen MR) is 112 cm³/mol. The van der Waals surface area contributed by atoms with Crippen LogP contribution in [0.25, 0.3) is 12.2 Å². The van der Waals surface area contributed by atoms with E-state index in [1.165, 1.54) is 44.4 Å². The molecule has 156 valence electrons. The molecule has 1 heterocycles. The molecule has 0 saturated carbocycles. The standard InChI is InChI=1S/C19H16ClN3O6S/c1-12-19(23(24)25)18(29-21-12)9-5-13-3-7-15(8-4-13)30(26,27)22-14-6-10-17(28-2)16(20)11-14/h3-11,22H,1-2H3. The lowest BCUT2D eigenvalue weighted by Crippen LogP contribution is -2.12. The number of hydrogen-bond acceptors (Lipinski definition) is 7. The second-order valence-electron chi connectivity index (χ2n) is 6.10. The summed E-state index contributed by atoms with van der Waals surface area (Å²) in [4.78, 5) is 10.5. The molecule has 1 aromatic heterocycles. The Morgan fingerprint density at radius 3 is 2.50 bits per heavy atom. The second kappa shape index (κ2) is 8.56. The number of nitrogens with one attached hydrogen (secondary N) is 1. The molecule has 0 unspecified atom stereocenters. The molecular formula is C19H16ClN3O6S. The van der Waals surface area contributed by atoms with Gasteiger partial charge in [-0.1, -0.05) is 35.0 Å². The number of benzene rings is 2. The molecule has 3 rings (SSSR count). The van der Waals surface area contributed by atoms with Crippen molar-refractivity contribution in [1.82, 2.24) is 5.16 Å². The fourth-order valence-electron chi connectivity index (χ4n) is 2.59. The van der Waals surface area contributed by atoms with Gasteiger partial charge >= 0.3 is 5.69 Å². The molecule has 2 aromatic carbocycles. The zero-order valence-corrected chi connectivity index (χ0v) is 17.4. The number of nitro groups is 1. The van der Waals surface area contributed by atoms with Crippen molar-refractivity contribution >= 4 is 45.2 Å². The predicted octanol–water partition coefficient (Wildman–Crippen LogP) is 4.52. The van der Waals surface area contributed by atoms with Crippen molar-refractivity contribution in [3.63, 3.8) is 0 Å². The summed E-state index contributed by atoms with van der Waals surface area (Å²) in [5.74, 6) is 0.435. The Hall–Kier alpha value is -3.37. The van der Waals surface area contributed by atoms with E-state index < -0.39 is 14.9 Å². The van der Waals surface area contributed by atoms with Crippen molar-refractivity contribution < 1.29 is 22.6 Å². The average Bonchev–Trinajstić information content (AvgIpc) is 3.07. The highest BCUT2D eigenvalue weighted by Crippen LogP contribution is 2.29. The van der Waals surface area contributed by atoms with E-state index in [0.29, 0.717) is 11.3 Å². The molecule has 0 aliphatic heterocycles. The lowest BCUT2D eigenvalue weighted by atomic mass is 10.2. The monoisotopic (exact) mass is 449 g/mol. The van der Waals surface area contributed by atoms with Gasteiger partial charge in [0, 0.05) is 0 Å². The number of aromatic nitrogens is 1. The first-order valence-electron chi connectivity index (χ1n) is 8.46. The maximum Gasteiger partial charge on any atom is 0.338 e. The molecule has 0 amide bonds. The van der Waals surface area contributed by atoms with Crippen LogP contribution in [0.1, 0.15) is 17.0 Å². The molecule has 0 bridgehead atoms. The molecule has 11 heteroatoms. The molecule has 3 aromatic rings. The summed E-state index contributed by atoms with van der Waals surface area (Å²) >= 11 is 6.02. The molecule has 0 radical (unpaired) electrons. The fourth-order valence-corrected chi connectivity index (χ4v) is 3.90. The van der Waals surface area contributed by atoms with E-state index in [4.69, 9.17) is 20.9 Å². The molecule has 1 N–H and O–H groups in total. The third kappa shape index (κ3) is 4.61. The first-order valence-corrected chi connectivity index (χ1v) is 10.3. The van der Waals surface area contributed by atoms with Crippen LogP contribution < -0.4 is 9.46 Å². The van der Waals surface area contributed by atoms with Crippen molar-refractivity contribution in [3.05, 3.63) is 74.6 Å². The first-order chi connectivity index (χ1) is 14.2. The molecule has 0 atom stereocenters. The van der Waals surface area contributed by atoms with E-state index >= 15 is 0 Å². The van der Waals surface area contributed by atoms with Crippen molar-refractivity contribution in [3.8, 4) is 5.75 Å². The van der Waals surface area contributed by atoms with Crippen molar-refractivity contribution in [2.75, 3.05) is 11.8 Å². The minimum atomic E-state index is -3.84. The van der Waals surface area contributed by atoms with E-state index in [-0.39, 0.29) is 32.7 Å². The lowest BCUT2D eigenvalue weighted by molar-refractivity contribution is -0.386. The van der Waals surface area contributed by atoms with Crippen molar-refractivity contribution in [1.29, 1.82) is 0 Å². The van der Waals surface area contributed by atoms with Gasteiger partial charge in [-0.15, -0.1) is 0 Å². The average molecular weight is 450 g/mol. The number of anilines is 1. The molecule has 0 spiro atoms. The van der Waals surface area contributed by atoms with Gasteiger partial charge in [0.1, 0.15) is 5.75 Å². The van der Waals surface area contributed by atoms with Gasteiger partial charge in [0.2, 0.25) is 5.76 Å². The maximum atomic E-state index is 12.6. The fraction of sp³-hybridized carbons (Fsp3) is 0.105. The summed E-state index contributed by atoms with van der Waals surface area (Å²) in [6, 6.07) is 10.5. The smallest absolute Gasteiger partial charge is 0.338 e. The van der Waals surface area contributed by atoms with Gasteiger partial charge in [-0.25, -0.2) is 8.42 Å². The van der Waals surface area contributed by atoms with E-state index in [0.717, 1.165) is 0 Å². The minimum Gasteiger partial charge on any atom is -0.495 e. The Balaban J connectivity index is 1.78. The summed E-state index contributed by atoms with van der Waals surface area (Å²) in [6.45, 7) is 1.47. The van der Waals surface area contributed by atoms with Gasteiger partial charge in [-0.2, -0.15) is 0 Å². The van der Waals surface area contributed by atoms with Crippen LogP contribution in [0.15, 0.2) is 51.9 Å². The third-order valence-electron chi connectivity index (χ3n) is 4.06. The SMILES string of the molecule is COc1ccc(NS(=O)(=O)c2ccc(C=Cc3onc(C)c3[N+](=O)[O-])cc2)cc1Cl. The first kappa shape index (κ1) is 21.3. The van der Waals surface area contributed by atoms with Crippen LogP contribution in [0, 0.1) is 17.0 Å². The van der Waals surface area contributed by atoms with E-state index in [1.54, 1.807) is 24.3 Å². The zero-order chi connectivity index (χ0) is 21.9. The second-order valence-corrected chi connectivity index (χ2v) is 8.18. The highest BCUT2D eigenvalue weighted by molar-refractivity contribution is 7.92. The summed E-state index contributed by atoms with van der Waals surface area (Å²) in [5, 5.41) is 14.9. The van der Waals surface area contributed by atoms with Gasteiger partial charge in [-0.3, -0.25) is 14.8 Å². The molecule has 0 aliphatic carbocycles. The van der Waals surface area contributed by atoms with E-state index in [9.17, 15) is 18.5 Å². The quantitative estimate of drug-likeness (QED) is 0.415. The van der Waals surface area contributed by atoms with Crippen LogP contribution in [-0.4, -0.2) is 25.6 Å². The van der Waals surface area contributed by atoms with Crippen molar-refractivity contribution in [2.24, 2.45) is 0 Å². The Bertz CT molecular complexity index is 1220. The summed E-state index contributed by atoms with van der Waals surface area (Å²) in [7, 11) is -2.38. The highest BCUT2D eigenvalue weighted by atomic mass is 35.5. The van der Waals surface area contributed by atoms with E-state index in [2.05, 4.69) is 9.88 Å². The van der Waals surface area contributed by atoms with Gasteiger partial charge < -0.3 is 9.26 Å². The maximum absolute atomic E-state index is 12.6. The minimum absolute atomic E-state index is 0.00671. The Kier molecular flexibility index (Phi) is 6.09. The number of ether oxygens (including phenoxy) is 1. The molecule has 0 fully saturated rings. The van der Waals surface area contributed by atoms with Crippen molar-refractivity contribution in [2.45, 2.75) is 11.8 Å². The number of aryl methyl sites for hydroxylation is 1. The van der Waals surface area contributed by atoms with Crippen LogP contribution >= 0.6 is 11.6 Å². The Morgan fingerprint density at radius 2 is 1.90 bits per heavy atom. The summed E-state index contributed by atoms with van der Waals surface area (Å²) < 4.78 is 37.6. The highest BCUT2D eigenvalue weighted by Gasteiger charge is 2.22. The molecule has 9 nitrogen and oxygen atoms in total. The number of methoxy groups -OCH3 is 1. The zero-order valence-electron chi connectivity index (χ0n) is 15.8. The number of hydrogen-bond donors (Lipinski definition) is 1. The molecule has 0 saturated heterocycles. The topological polar surface area (TPSA) is 125 Å². The van der Waals surface area contributed by atoms with Crippen LogP contribution in [0.3, 0.4) is 0 Å². The number of nitrogens with zero attached hydrogens (tertiary/aromatic N) is 2. The van der Waals surface area contributed by atoms with Crippen LogP contribution in [0.4, 0.5) is 11.4 Å². The van der Waals surface area contributed by atoms with Crippen LogP contribution in [0.5, 0.6) is 5.75 Å².